The number of phenolic OH excluding ortho intramolecular Hbond substituents is 3. The molecular formula is C69H60N6O15. The van der Waals surface area contributed by atoms with E-state index in [4.69, 9.17) is 15.3 Å². The molecule has 9 rings (SSSR count). The molecule has 0 bridgehead atoms. The van der Waals surface area contributed by atoms with Crippen molar-refractivity contribution in [2.75, 3.05) is 16.0 Å². The Kier molecular flexibility index (Phi) is 23.3. The number of carbonyl (C=O) groups is 9. The zero-order valence-electron chi connectivity index (χ0n) is 47.7. The molecule has 456 valence electrons. The highest BCUT2D eigenvalue weighted by atomic mass is 16.4. The number of nitrogens with one attached hydrogen (secondary N) is 6. The first-order valence-electron chi connectivity index (χ1n) is 27.6. The van der Waals surface area contributed by atoms with Crippen molar-refractivity contribution in [2.24, 2.45) is 0 Å². The second-order valence-corrected chi connectivity index (χ2v) is 19.9. The molecule has 0 unspecified atom stereocenters. The lowest BCUT2D eigenvalue weighted by Gasteiger charge is -2.19. The zero-order chi connectivity index (χ0) is 64.5. The molecular weight excluding hydrogens is 1150 g/mol. The minimum Gasteiger partial charge on any atom is -0.508 e. The van der Waals surface area contributed by atoms with Crippen LogP contribution >= 0.6 is 0 Å². The minimum absolute atomic E-state index is 0.103. The highest BCUT2D eigenvalue weighted by Crippen LogP contribution is 2.19. The third-order valence-corrected chi connectivity index (χ3v) is 13.3. The van der Waals surface area contributed by atoms with Crippen LogP contribution in [0.25, 0.3) is 0 Å². The summed E-state index contributed by atoms with van der Waals surface area (Å²) in [5.74, 6) is -5.40. The number of hydrogen-bond acceptors (Lipinski definition) is 12. The van der Waals surface area contributed by atoms with Crippen LogP contribution in [0, 0.1) is 0 Å². The number of aromatic hydroxyl groups is 3. The molecule has 9 aromatic carbocycles. The molecule has 0 aliphatic carbocycles. The Hall–Kier alpha value is -12.4. The van der Waals surface area contributed by atoms with Gasteiger partial charge in [-0.25, -0.2) is 14.4 Å². The van der Waals surface area contributed by atoms with Crippen molar-refractivity contribution >= 4 is 70.4 Å². The zero-order valence-corrected chi connectivity index (χ0v) is 47.7. The number of rotatable bonds is 21. The van der Waals surface area contributed by atoms with Crippen molar-refractivity contribution in [1.82, 2.24) is 16.0 Å². The molecule has 0 saturated carbocycles. The number of carboxylic acids is 3. The Morgan fingerprint density at radius 1 is 0.267 bits per heavy atom. The first-order valence-corrected chi connectivity index (χ1v) is 27.6. The standard InChI is InChI=1S/3C23H20N2O5/c3*26-19-12-6-15(7-13-19)14-20(25-21(27)16-4-2-1-3-5-16)22(28)24-18-10-8-17(9-11-18)23(29)30/h3*1-13,20,26H,14H2,(H,24,28)(H,25,27)(H,29,30)/t3*20-/m000/s1. The van der Waals surface area contributed by atoms with Crippen molar-refractivity contribution in [3.8, 4) is 17.2 Å². The number of carbonyl (C=O) groups excluding carboxylic acids is 6. The highest BCUT2D eigenvalue weighted by molar-refractivity contribution is 6.04. The van der Waals surface area contributed by atoms with Gasteiger partial charge in [0.05, 0.1) is 16.7 Å². The SMILES string of the molecule is O=C(O)c1ccc(NC(=O)[C@H](Cc2ccc(O)cc2)NC(=O)c2ccccc2)cc1.O=C(O)c1ccc(NC(=O)[C@H](Cc2ccc(O)cc2)NC(=O)c2ccccc2)cc1.O=C(O)c1ccc(NC(=O)[C@H](Cc2ccc(O)cc2)NC(=O)c2ccccc2)cc1. The average molecular weight is 1210 g/mol. The monoisotopic (exact) mass is 1210 g/mol. The first-order chi connectivity index (χ1) is 43.3. The van der Waals surface area contributed by atoms with Gasteiger partial charge in [0.2, 0.25) is 17.7 Å². The van der Waals surface area contributed by atoms with Gasteiger partial charge in [-0.3, -0.25) is 28.8 Å². The van der Waals surface area contributed by atoms with E-state index < -0.39 is 71.5 Å². The Bertz CT molecular complexity index is 3500. The molecule has 9 aromatic rings. The van der Waals surface area contributed by atoms with Crippen LogP contribution in [-0.2, 0) is 33.6 Å². The summed E-state index contributed by atoms with van der Waals surface area (Å²) in [6.45, 7) is 0. The number of phenols is 3. The predicted octanol–water partition coefficient (Wildman–Crippen LogP) is 9.21. The van der Waals surface area contributed by atoms with Gasteiger partial charge in [-0.15, -0.1) is 0 Å². The van der Waals surface area contributed by atoms with E-state index in [1.807, 2.05) is 0 Å². The van der Waals surface area contributed by atoms with E-state index in [0.29, 0.717) is 33.8 Å². The maximum absolute atomic E-state index is 12.9. The number of hydrogen-bond donors (Lipinski definition) is 12. The summed E-state index contributed by atoms with van der Waals surface area (Å²) < 4.78 is 0. The smallest absolute Gasteiger partial charge is 0.335 e. The van der Waals surface area contributed by atoms with E-state index in [1.54, 1.807) is 127 Å². The van der Waals surface area contributed by atoms with E-state index >= 15 is 0 Å². The summed E-state index contributed by atoms with van der Waals surface area (Å²) in [5.41, 5.74) is 5.07. The van der Waals surface area contributed by atoms with E-state index in [9.17, 15) is 58.5 Å². The lowest BCUT2D eigenvalue weighted by molar-refractivity contribution is -0.118. The Morgan fingerprint density at radius 3 is 0.678 bits per heavy atom. The average Bonchev–Trinajstić information content (AvgIpc) is 3.67. The summed E-state index contributed by atoms with van der Waals surface area (Å²) in [6.07, 6.45) is 0.619. The van der Waals surface area contributed by atoms with E-state index in [1.165, 1.54) is 109 Å². The molecule has 12 N–H and O–H groups in total. The maximum atomic E-state index is 12.9. The lowest BCUT2D eigenvalue weighted by Crippen LogP contribution is -2.45. The molecule has 3 atom stereocenters. The molecule has 0 aromatic heterocycles. The quantitative estimate of drug-likeness (QED) is 0.0319. The topological polar surface area (TPSA) is 347 Å². The molecule has 0 fully saturated rings. The lowest BCUT2D eigenvalue weighted by atomic mass is 10.0. The number of anilines is 3. The maximum Gasteiger partial charge on any atom is 0.335 e. The predicted molar refractivity (Wildman–Crippen MR) is 335 cm³/mol. The fraction of sp³-hybridized carbons (Fsp3) is 0.0870. The van der Waals surface area contributed by atoms with E-state index in [0.717, 1.165) is 16.7 Å². The summed E-state index contributed by atoms with van der Waals surface area (Å²) in [5, 5.41) is 71.6. The summed E-state index contributed by atoms with van der Waals surface area (Å²) >= 11 is 0. The fourth-order valence-electron chi connectivity index (χ4n) is 8.50. The van der Waals surface area contributed by atoms with Crippen LogP contribution in [-0.4, -0.2) is 102 Å². The van der Waals surface area contributed by atoms with Crippen molar-refractivity contribution in [3.63, 3.8) is 0 Å². The Labute approximate surface area is 515 Å². The Balaban J connectivity index is 0.000000192. The molecule has 0 heterocycles. The van der Waals surface area contributed by atoms with Crippen LogP contribution in [0.1, 0.15) is 78.8 Å². The van der Waals surface area contributed by atoms with Gasteiger partial charge in [-0.2, -0.15) is 0 Å². The van der Waals surface area contributed by atoms with Crippen molar-refractivity contribution in [3.05, 3.63) is 287 Å². The van der Waals surface area contributed by atoms with Gasteiger partial charge in [-0.1, -0.05) is 91.0 Å². The van der Waals surface area contributed by atoms with Gasteiger partial charge in [0.25, 0.3) is 17.7 Å². The molecule has 21 nitrogen and oxygen atoms in total. The van der Waals surface area contributed by atoms with Gasteiger partial charge in [0, 0.05) is 53.0 Å². The Morgan fingerprint density at radius 2 is 0.478 bits per heavy atom. The van der Waals surface area contributed by atoms with Crippen molar-refractivity contribution < 1.29 is 73.8 Å². The fourth-order valence-corrected chi connectivity index (χ4v) is 8.50. The van der Waals surface area contributed by atoms with Gasteiger partial charge in [0.1, 0.15) is 35.4 Å². The van der Waals surface area contributed by atoms with Gasteiger partial charge in [-0.05, 0) is 162 Å². The molecule has 0 saturated heterocycles. The molecule has 90 heavy (non-hydrogen) atoms. The van der Waals surface area contributed by atoms with Crippen LogP contribution in [0.5, 0.6) is 17.2 Å². The van der Waals surface area contributed by atoms with Crippen LogP contribution in [0.15, 0.2) is 237 Å². The van der Waals surface area contributed by atoms with Gasteiger partial charge >= 0.3 is 17.9 Å². The van der Waals surface area contributed by atoms with Crippen LogP contribution in [0.3, 0.4) is 0 Å². The van der Waals surface area contributed by atoms with Crippen molar-refractivity contribution in [1.29, 1.82) is 0 Å². The van der Waals surface area contributed by atoms with Gasteiger partial charge < -0.3 is 62.5 Å². The molecule has 0 spiro atoms. The number of aromatic carboxylic acids is 3. The van der Waals surface area contributed by atoms with Gasteiger partial charge in [0.15, 0.2) is 0 Å². The molecule has 0 radical (unpaired) electrons. The largest absolute Gasteiger partial charge is 0.508 e. The second kappa shape index (κ2) is 32.2. The van der Waals surface area contributed by atoms with Crippen molar-refractivity contribution in [2.45, 2.75) is 37.4 Å². The number of carboxylic acid groups (broad SMARTS) is 3. The third-order valence-electron chi connectivity index (χ3n) is 13.3. The van der Waals surface area contributed by atoms with E-state index in [-0.39, 0.29) is 53.2 Å². The van der Waals surface area contributed by atoms with E-state index in [2.05, 4.69) is 31.9 Å². The highest BCUT2D eigenvalue weighted by Gasteiger charge is 2.26. The normalized spacial score (nSPS) is 11.3. The summed E-state index contributed by atoms with van der Waals surface area (Å²) in [7, 11) is 0. The number of benzene rings is 9. The second-order valence-electron chi connectivity index (χ2n) is 19.9. The molecule has 0 aliphatic rings. The summed E-state index contributed by atoms with van der Waals surface area (Å²) in [6, 6.07) is 59.3. The van der Waals surface area contributed by atoms with Crippen LogP contribution in [0.4, 0.5) is 17.1 Å². The van der Waals surface area contributed by atoms with Crippen LogP contribution in [0.2, 0.25) is 0 Å². The van der Waals surface area contributed by atoms with Crippen LogP contribution < -0.4 is 31.9 Å². The first kappa shape index (κ1) is 65.2. The third kappa shape index (κ3) is 20.4. The molecule has 6 amide bonds. The minimum atomic E-state index is -1.06. The molecule has 0 aliphatic heterocycles. The summed E-state index contributed by atoms with van der Waals surface area (Å²) in [4.78, 5) is 109. The number of amides is 6. The molecule has 21 heteroatoms.